The average molecular weight is 237 g/mol. The fraction of sp³-hybridized carbons (Fsp3) is 0.636. The standard InChI is InChI=1S/C11H15N3OS/c15-11-8-2-1-4-12-10(8)13-9-3-6-16-7-5-14(9)11/h12H,1-7H2. The lowest BCUT2D eigenvalue weighted by Gasteiger charge is -2.19. The number of aromatic nitrogens is 2. The van der Waals surface area contributed by atoms with E-state index in [9.17, 15) is 4.79 Å². The van der Waals surface area contributed by atoms with Crippen LogP contribution in [0.3, 0.4) is 0 Å². The van der Waals surface area contributed by atoms with Gasteiger partial charge < -0.3 is 5.32 Å². The van der Waals surface area contributed by atoms with Crippen LogP contribution in [-0.4, -0.2) is 27.6 Å². The first-order valence-corrected chi connectivity index (χ1v) is 6.96. The van der Waals surface area contributed by atoms with Crippen molar-refractivity contribution in [1.82, 2.24) is 9.55 Å². The minimum atomic E-state index is 0.190. The summed E-state index contributed by atoms with van der Waals surface area (Å²) in [7, 11) is 0. The fourth-order valence-corrected chi connectivity index (χ4v) is 3.17. The van der Waals surface area contributed by atoms with Crippen LogP contribution in [0.1, 0.15) is 17.8 Å². The van der Waals surface area contributed by atoms with E-state index in [4.69, 9.17) is 0 Å². The largest absolute Gasteiger partial charge is 0.370 e. The van der Waals surface area contributed by atoms with Gasteiger partial charge in [-0.15, -0.1) is 0 Å². The van der Waals surface area contributed by atoms with Crippen molar-refractivity contribution in [2.75, 3.05) is 23.4 Å². The van der Waals surface area contributed by atoms with E-state index in [0.29, 0.717) is 0 Å². The van der Waals surface area contributed by atoms with Gasteiger partial charge in [0.25, 0.3) is 5.56 Å². The molecule has 2 aliphatic heterocycles. The van der Waals surface area contributed by atoms with Crippen molar-refractivity contribution < 1.29 is 0 Å². The Morgan fingerprint density at radius 3 is 3.19 bits per heavy atom. The SMILES string of the molecule is O=c1c2c(nc3n1CCSCC3)NCCC2. The van der Waals surface area contributed by atoms with Crippen LogP contribution < -0.4 is 10.9 Å². The molecule has 0 aliphatic carbocycles. The van der Waals surface area contributed by atoms with Gasteiger partial charge in [-0.25, -0.2) is 4.98 Å². The van der Waals surface area contributed by atoms with Crippen LogP contribution in [0.4, 0.5) is 5.82 Å². The predicted molar refractivity (Wildman–Crippen MR) is 66.3 cm³/mol. The summed E-state index contributed by atoms with van der Waals surface area (Å²) in [6.07, 6.45) is 2.83. The van der Waals surface area contributed by atoms with Gasteiger partial charge in [-0.1, -0.05) is 0 Å². The van der Waals surface area contributed by atoms with Crippen LogP contribution in [0.25, 0.3) is 0 Å². The molecule has 0 aromatic carbocycles. The Balaban J connectivity index is 2.16. The van der Waals surface area contributed by atoms with E-state index < -0.39 is 0 Å². The molecule has 3 rings (SSSR count). The summed E-state index contributed by atoms with van der Waals surface area (Å²) < 4.78 is 1.88. The maximum Gasteiger partial charge on any atom is 0.258 e. The maximum absolute atomic E-state index is 12.3. The van der Waals surface area contributed by atoms with Gasteiger partial charge in [0.15, 0.2) is 0 Å². The molecule has 4 nitrogen and oxygen atoms in total. The van der Waals surface area contributed by atoms with Crippen LogP contribution in [-0.2, 0) is 19.4 Å². The first-order chi connectivity index (χ1) is 7.86. The van der Waals surface area contributed by atoms with E-state index in [2.05, 4.69) is 10.3 Å². The lowest BCUT2D eigenvalue weighted by Crippen LogP contribution is -2.32. The number of fused-ring (bicyclic) bond motifs is 2. The predicted octanol–water partition coefficient (Wildman–Crippen LogP) is 0.891. The minimum absolute atomic E-state index is 0.190. The lowest BCUT2D eigenvalue weighted by atomic mass is 10.1. The van der Waals surface area contributed by atoms with Crippen LogP contribution in [0.2, 0.25) is 0 Å². The molecule has 1 aromatic heterocycles. The quantitative estimate of drug-likeness (QED) is 0.728. The van der Waals surface area contributed by atoms with Crippen LogP contribution in [0.15, 0.2) is 4.79 Å². The summed E-state index contributed by atoms with van der Waals surface area (Å²) in [6, 6.07) is 0. The van der Waals surface area contributed by atoms with Gasteiger partial charge in [0.1, 0.15) is 11.6 Å². The average Bonchev–Trinajstić information content (AvgIpc) is 2.55. The van der Waals surface area contributed by atoms with Gasteiger partial charge >= 0.3 is 0 Å². The first-order valence-electron chi connectivity index (χ1n) is 5.80. The van der Waals surface area contributed by atoms with Gasteiger partial charge in [0.2, 0.25) is 0 Å². The molecule has 0 saturated heterocycles. The van der Waals surface area contributed by atoms with E-state index in [1.165, 1.54) is 0 Å². The molecule has 86 valence electrons. The van der Waals surface area contributed by atoms with Gasteiger partial charge in [-0.2, -0.15) is 11.8 Å². The molecule has 3 heterocycles. The van der Waals surface area contributed by atoms with E-state index >= 15 is 0 Å². The van der Waals surface area contributed by atoms with Crippen LogP contribution >= 0.6 is 11.8 Å². The minimum Gasteiger partial charge on any atom is -0.370 e. The summed E-state index contributed by atoms with van der Waals surface area (Å²) >= 11 is 1.90. The zero-order chi connectivity index (χ0) is 11.0. The smallest absolute Gasteiger partial charge is 0.258 e. The number of anilines is 1. The highest BCUT2D eigenvalue weighted by Gasteiger charge is 2.19. The Hall–Kier alpha value is -0.970. The number of thioether (sulfide) groups is 1. The third kappa shape index (κ3) is 1.63. The summed E-state index contributed by atoms with van der Waals surface area (Å²) in [5.41, 5.74) is 1.08. The molecular formula is C11H15N3OS. The zero-order valence-electron chi connectivity index (χ0n) is 9.16. The molecule has 2 aliphatic rings. The summed E-state index contributed by atoms with van der Waals surface area (Å²) in [4.78, 5) is 16.9. The Kier molecular flexibility index (Phi) is 2.63. The Morgan fingerprint density at radius 1 is 1.31 bits per heavy atom. The monoisotopic (exact) mass is 237 g/mol. The second-order valence-corrected chi connectivity index (χ2v) is 5.43. The molecule has 0 fully saturated rings. The van der Waals surface area contributed by atoms with Crippen molar-refractivity contribution in [1.29, 1.82) is 0 Å². The van der Waals surface area contributed by atoms with E-state index in [0.717, 1.165) is 61.1 Å². The second kappa shape index (κ2) is 4.13. The second-order valence-electron chi connectivity index (χ2n) is 4.20. The molecule has 16 heavy (non-hydrogen) atoms. The first kappa shape index (κ1) is 10.2. The highest BCUT2D eigenvalue weighted by atomic mass is 32.2. The molecule has 1 aromatic rings. The third-order valence-corrected chi connectivity index (χ3v) is 4.13. The van der Waals surface area contributed by atoms with Crippen molar-refractivity contribution in [2.45, 2.75) is 25.8 Å². The summed E-state index contributed by atoms with van der Waals surface area (Å²) in [5.74, 6) is 3.91. The van der Waals surface area contributed by atoms with E-state index in [-0.39, 0.29) is 5.56 Å². The third-order valence-electron chi connectivity index (χ3n) is 3.17. The number of aryl methyl sites for hydroxylation is 1. The van der Waals surface area contributed by atoms with Crippen LogP contribution in [0.5, 0.6) is 0 Å². The zero-order valence-corrected chi connectivity index (χ0v) is 9.98. The van der Waals surface area contributed by atoms with Gasteiger partial charge in [-0.3, -0.25) is 9.36 Å². The summed E-state index contributed by atoms with van der Waals surface area (Å²) in [5, 5.41) is 3.24. The van der Waals surface area contributed by atoms with Gasteiger partial charge in [0.05, 0.1) is 5.56 Å². The van der Waals surface area contributed by atoms with Crippen LogP contribution in [0, 0.1) is 0 Å². The number of nitrogens with one attached hydrogen (secondary N) is 1. The number of hydrogen-bond donors (Lipinski definition) is 1. The van der Waals surface area contributed by atoms with E-state index in [1.54, 1.807) is 0 Å². The van der Waals surface area contributed by atoms with Crippen molar-refractivity contribution in [3.8, 4) is 0 Å². The summed E-state index contributed by atoms with van der Waals surface area (Å²) in [6.45, 7) is 1.76. The van der Waals surface area contributed by atoms with Gasteiger partial charge in [0, 0.05) is 31.0 Å². The number of rotatable bonds is 0. The number of hydrogen-bond acceptors (Lipinski definition) is 4. The molecule has 0 atom stereocenters. The van der Waals surface area contributed by atoms with Crippen molar-refractivity contribution in [2.24, 2.45) is 0 Å². The molecule has 0 amide bonds. The van der Waals surface area contributed by atoms with Crippen molar-refractivity contribution >= 4 is 17.6 Å². The topological polar surface area (TPSA) is 46.9 Å². The molecule has 0 spiro atoms. The highest BCUT2D eigenvalue weighted by molar-refractivity contribution is 7.99. The molecule has 0 radical (unpaired) electrons. The van der Waals surface area contributed by atoms with Gasteiger partial charge in [-0.05, 0) is 12.8 Å². The molecule has 1 N–H and O–H groups in total. The fourth-order valence-electron chi connectivity index (χ4n) is 2.32. The highest BCUT2D eigenvalue weighted by Crippen LogP contribution is 2.19. The molecular weight excluding hydrogens is 222 g/mol. The molecule has 5 heteroatoms. The normalized spacial score (nSPS) is 19.2. The van der Waals surface area contributed by atoms with Crippen molar-refractivity contribution in [3.05, 3.63) is 21.7 Å². The molecule has 0 unspecified atom stereocenters. The molecule has 0 bridgehead atoms. The Morgan fingerprint density at radius 2 is 2.25 bits per heavy atom. The Labute approximate surface area is 98.5 Å². The number of nitrogens with zero attached hydrogens (tertiary/aromatic N) is 2. The maximum atomic E-state index is 12.3. The van der Waals surface area contributed by atoms with Crippen molar-refractivity contribution in [3.63, 3.8) is 0 Å². The lowest BCUT2D eigenvalue weighted by molar-refractivity contribution is 0.645. The Bertz CT molecular complexity index is 469. The molecule has 0 saturated carbocycles. The van der Waals surface area contributed by atoms with E-state index in [1.807, 2.05) is 16.3 Å².